The third kappa shape index (κ3) is 4.23. The van der Waals surface area contributed by atoms with E-state index in [2.05, 4.69) is 10.3 Å². The number of nitrogens with zero attached hydrogens (tertiary/aromatic N) is 2. The number of amides is 1. The number of hydrogen-bond acceptors (Lipinski definition) is 6. The Morgan fingerprint density at radius 3 is 2.71 bits per heavy atom. The Hall–Kier alpha value is -2.71. The third-order valence-corrected chi connectivity index (χ3v) is 5.26. The minimum Gasteiger partial charge on any atom is -0.494 e. The lowest BCUT2D eigenvalue weighted by atomic mass is 10.0. The summed E-state index contributed by atoms with van der Waals surface area (Å²) in [5, 5.41) is 3.25. The van der Waals surface area contributed by atoms with Crippen LogP contribution >= 0.6 is 11.3 Å². The van der Waals surface area contributed by atoms with Gasteiger partial charge in [-0.1, -0.05) is 12.1 Å². The molecule has 1 amide bonds. The van der Waals surface area contributed by atoms with Gasteiger partial charge in [-0.05, 0) is 31.5 Å². The molecule has 0 aliphatic heterocycles. The third-order valence-electron chi connectivity index (χ3n) is 4.25. The zero-order valence-corrected chi connectivity index (χ0v) is 17.0. The van der Waals surface area contributed by atoms with Gasteiger partial charge in [0.05, 0.1) is 24.9 Å². The molecule has 8 heteroatoms. The summed E-state index contributed by atoms with van der Waals surface area (Å²) in [6.45, 7) is 5.24. The van der Waals surface area contributed by atoms with Crippen molar-refractivity contribution in [2.24, 2.45) is 0 Å². The largest absolute Gasteiger partial charge is 0.494 e. The number of methoxy groups -OCH3 is 1. The maximum absolute atomic E-state index is 13.1. The molecule has 3 aromatic rings. The second-order valence-corrected chi connectivity index (χ2v) is 7.39. The Balaban J connectivity index is 1.96. The van der Waals surface area contributed by atoms with Gasteiger partial charge in [-0.25, -0.2) is 4.98 Å². The first-order valence-electron chi connectivity index (χ1n) is 9.02. The van der Waals surface area contributed by atoms with Gasteiger partial charge in [0.25, 0.3) is 5.56 Å². The van der Waals surface area contributed by atoms with Crippen molar-refractivity contribution in [2.75, 3.05) is 26.9 Å². The summed E-state index contributed by atoms with van der Waals surface area (Å²) in [6.07, 6.45) is 1.43. The number of carbonyl (C=O) groups excluding carboxylic acids is 1. The van der Waals surface area contributed by atoms with E-state index in [9.17, 15) is 9.59 Å². The summed E-state index contributed by atoms with van der Waals surface area (Å²) in [6, 6.07) is 7.65. The molecule has 0 radical (unpaired) electrons. The lowest BCUT2D eigenvalue weighted by Crippen LogP contribution is -2.34. The first-order chi connectivity index (χ1) is 13.5. The Morgan fingerprint density at radius 2 is 2.04 bits per heavy atom. The molecular formula is C20H23N3O4S. The zero-order chi connectivity index (χ0) is 20.1. The predicted molar refractivity (Wildman–Crippen MR) is 110 cm³/mol. The van der Waals surface area contributed by atoms with Crippen molar-refractivity contribution in [1.29, 1.82) is 0 Å². The molecule has 0 aliphatic carbocycles. The monoisotopic (exact) mass is 401 g/mol. The first kappa shape index (κ1) is 20.0. The Kier molecular flexibility index (Phi) is 6.43. The predicted octanol–water partition coefficient (Wildman–Crippen LogP) is 2.59. The number of benzene rings is 1. The van der Waals surface area contributed by atoms with Gasteiger partial charge in [-0.2, -0.15) is 0 Å². The summed E-state index contributed by atoms with van der Waals surface area (Å²) >= 11 is 1.47. The number of carbonyl (C=O) groups is 1. The van der Waals surface area contributed by atoms with E-state index in [1.165, 1.54) is 22.2 Å². The molecule has 0 fully saturated rings. The minimum absolute atomic E-state index is 0.0803. The molecule has 28 heavy (non-hydrogen) atoms. The maximum Gasteiger partial charge on any atom is 0.263 e. The van der Waals surface area contributed by atoms with Gasteiger partial charge in [-0.15, -0.1) is 11.3 Å². The van der Waals surface area contributed by atoms with E-state index >= 15 is 0 Å². The summed E-state index contributed by atoms with van der Waals surface area (Å²) in [5.74, 6) is 0.529. The van der Waals surface area contributed by atoms with Gasteiger partial charge < -0.3 is 14.8 Å². The molecule has 3 rings (SSSR count). The van der Waals surface area contributed by atoms with Crippen molar-refractivity contribution in [1.82, 2.24) is 14.9 Å². The highest BCUT2D eigenvalue weighted by molar-refractivity contribution is 7.19. The second-order valence-electron chi connectivity index (χ2n) is 6.19. The Labute approximate surface area is 166 Å². The van der Waals surface area contributed by atoms with E-state index in [-0.39, 0.29) is 18.0 Å². The van der Waals surface area contributed by atoms with Crippen LogP contribution in [-0.4, -0.2) is 42.3 Å². The minimum atomic E-state index is -0.255. The molecule has 0 atom stereocenters. The molecule has 7 nitrogen and oxygen atoms in total. The fourth-order valence-electron chi connectivity index (χ4n) is 2.99. The number of hydrogen-bond donors (Lipinski definition) is 1. The highest BCUT2D eigenvalue weighted by Gasteiger charge is 2.17. The van der Waals surface area contributed by atoms with Gasteiger partial charge in [0.2, 0.25) is 5.91 Å². The topological polar surface area (TPSA) is 82.5 Å². The molecule has 1 N–H and O–H groups in total. The smallest absolute Gasteiger partial charge is 0.263 e. The average molecular weight is 401 g/mol. The molecule has 2 aromatic heterocycles. The maximum atomic E-state index is 13.1. The molecular weight excluding hydrogens is 378 g/mol. The lowest BCUT2D eigenvalue weighted by Gasteiger charge is -2.08. The van der Waals surface area contributed by atoms with Crippen molar-refractivity contribution in [3.05, 3.63) is 45.8 Å². The number of thiophene rings is 1. The van der Waals surface area contributed by atoms with E-state index in [4.69, 9.17) is 9.47 Å². The molecule has 0 bridgehead atoms. The molecule has 0 saturated heterocycles. The van der Waals surface area contributed by atoms with Crippen LogP contribution in [0.3, 0.4) is 0 Å². The highest BCUT2D eigenvalue weighted by atomic mass is 32.1. The summed E-state index contributed by atoms with van der Waals surface area (Å²) in [7, 11) is 1.57. The van der Waals surface area contributed by atoms with Gasteiger partial charge in [-0.3, -0.25) is 14.2 Å². The van der Waals surface area contributed by atoms with Crippen LogP contribution in [0.5, 0.6) is 5.75 Å². The highest BCUT2D eigenvalue weighted by Crippen LogP contribution is 2.36. The van der Waals surface area contributed by atoms with Crippen molar-refractivity contribution in [3.8, 4) is 16.9 Å². The Bertz CT molecular complexity index is 1020. The van der Waals surface area contributed by atoms with E-state index in [0.717, 1.165) is 21.8 Å². The number of aryl methyl sites for hydroxylation is 1. The fourth-order valence-corrected chi connectivity index (χ4v) is 3.99. The normalized spacial score (nSPS) is 11.0. The Morgan fingerprint density at radius 1 is 1.29 bits per heavy atom. The molecule has 0 unspecified atom stereocenters. The van der Waals surface area contributed by atoms with Crippen molar-refractivity contribution in [2.45, 2.75) is 20.4 Å². The van der Waals surface area contributed by atoms with Gasteiger partial charge in [0.15, 0.2) is 0 Å². The van der Waals surface area contributed by atoms with Crippen LogP contribution in [0.4, 0.5) is 0 Å². The lowest BCUT2D eigenvalue weighted by molar-refractivity contribution is -0.121. The van der Waals surface area contributed by atoms with Gasteiger partial charge >= 0.3 is 0 Å². The summed E-state index contributed by atoms with van der Waals surface area (Å²) < 4.78 is 11.7. The van der Waals surface area contributed by atoms with Gasteiger partial charge in [0.1, 0.15) is 17.1 Å². The molecule has 148 valence electrons. The van der Waals surface area contributed by atoms with E-state index in [1.807, 2.05) is 38.1 Å². The summed E-state index contributed by atoms with van der Waals surface area (Å²) in [5.41, 5.74) is 1.56. The fraction of sp³-hybridized carbons (Fsp3) is 0.350. The SMILES string of the molecule is CCOc1ccc(-c2c(C)sc3ncn(CC(=O)NCCOC)c(=O)c23)cc1. The zero-order valence-electron chi connectivity index (χ0n) is 16.2. The van der Waals surface area contributed by atoms with Crippen LogP contribution in [0.25, 0.3) is 21.3 Å². The van der Waals surface area contributed by atoms with E-state index < -0.39 is 0 Å². The van der Waals surface area contributed by atoms with Crippen LogP contribution in [0, 0.1) is 6.92 Å². The van der Waals surface area contributed by atoms with E-state index in [0.29, 0.717) is 30.0 Å². The van der Waals surface area contributed by atoms with Crippen molar-refractivity contribution in [3.63, 3.8) is 0 Å². The quantitative estimate of drug-likeness (QED) is 0.587. The standard InChI is InChI=1S/C20H23N3O4S/c1-4-27-15-7-5-14(6-8-15)17-13(2)28-19-18(17)20(25)23(12-22-19)11-16(24)21-9-10-26-3/h5-8,12H,4,9-11H2,1-3H3,(H,21,24). The van der Waals surface area contributed by atoms with Crippen LogP contribution < -0.4 is 15.6 Å². The second kappa shape index (κ2) is 8.99. The molecule has 0 spiro atoms. The van der Waals surface area contributed by atoms with Crippen LogP contribution in [0.2, 0.25) is 0 Å². The van der Waals surface area contributed by atoms with Crippen LogP contribution in [0.15, 0.2) is 35.4 Å². The van der Waals surface area contributed by atoms with Crippen LogP contribution in [-0.2, 0) is 16.1 Å². The van der Waals surface area contributed by atoms with E-state index in [1.54, 1.807) is 7.11 Å². The number of rotatable bonds is 8. The molecule has 1 aromatic carbocycles. The van der Waals surface area contributed by atoms with Crippen molar-refractivity contribution < 1.29 is 14.3 Å². The first-order valence-corrected chi connectivity index (χ1v) is 9.84. The average Bonchev–Trinajstić information content (AvgIpc) is 3.02. The summed E-state index contributed by atoms with van der Waals surface area (Å²) in [4.78, 5) is 31.2. The number of aromatic nitrogens is 2. The number of nitrogens with one attached hydrogen (secondary N) is 1. The molecule has 0 saturated carbocycles. The van der Waals surface area contributed by atoms with Crippen LogP contribution in [0.1, 0.15) is 11.8 Å². The number of fused-ring (bicyclic) bond motifs is 1. The number of ether oxygens (including phenoxy) is 2. The van der Waals surface area contributed by atoms with Crippen molar-refractivity contribution >= 4 is 27.5 Å². The molecule has 2 heterocycles. The molecule has 0 aliphatic rings. The van der Waals surface area contributed by atoms with Gasteiger partial charge in [0, 0.05) is 24.1 Å².